The summed E-state index contributed by atoms with van der Waals surface area (Å²) in [5, 5.41) is 10.00. The highest BCUT2D eigenvalue weighted by molar-refractivity contribution is 6.30. The maximum Gasteiger partial charge on any atom is 0.279 e. The van der Waals surface area contributed by atoms with E-state index in [1.165, 1.54) is 52.7 Å². The maximum atomic E-state index is 13.2. The lowest BCUT2D eigenvalue weighted by Gasteiger charge is -2.10. The molecule has 0 saturated heterocycles. The minimum absolute atomic E-state index is 0. The quantitative estimate of drug-likeness (QED) is 0.687. The van der Waals surface area contributed by atoms with Crippen molar-refractivity contribution in [3.63, 3.8) is 0 Å². The van der Waals surface area contributed by atoms with Crippen molar-refractivity contribution in [2.45, 2.75) is 13.5 Å². The molecule has 0 amide bonds. The van der Waals surface area contributed by atoms with Crippen LogP contribution in [0, 0.1) is 5.82 Å². The van der Waals surface area contributed by atoms with Crippen molar-refractivity contribution in [3.8, 4) is 5.75 Å². The summed E-state index contributed by atoms with van der Waals surface area (Å²) in [5.74, 6) is -1.87. The van der Waals surface area contributed by atoms with E-state index in [-0.39, 0.29) is 35.1 Å². The van der Waals surface area contributed by atoms with Gasteiger partial charge < -0.3 is 14.1 Å². The smallest absolute Gasteiger partial charge is 0.279 e. The van der Waals surface area contributed by atoms with Crippen molar-refractivity contribution >= 4 is 35.3 Å². The minimum atomic E-state index is -0.896. The number of fused-ring (bicyclic) bond motifs is 1. The molecular formula is C17H13Cl2FN2O4. The average Bonchev–Trinajstić information content (AvgIpc) is 2.56. The zero-order valence-electron chi connectivity index (χ0n) is 13.4. The molecule has 0 aliphatic rings. The van der Waals surface area contributed by atoms with Gasteiger partial charge in [0.2, 0.25) is 5.43 Å². The monoisotopic (exact) mass is 398 g/mol. The van der Waals surface area contributed by atoms with Gasteiger partial charge in [-0.1, -0.05) is 17.7 Å². The molecule has 0 saturated carbocycles. The number of nitrogens with zero attached hydrogens (tertiary/aromatic N) is 2. The normalized spacial score (nSPS) is 10.6. The molecule has 6 nitrogen and oxygen atoms in total. The molecule has 26 heavy (non-hydrogen) atoms. The van der Waals surface area contributed by atoms with Crippen LogP contribution in [-0.2, 0) is 6.54 Å². The number of aromatic nitrogens is 2. The molecule has 2 heterocycles. The van der Waals surface area contributed by atoms with Gasteiger partial charge in [0.1, 0.15) is 5.82 Å². The van der Waals surface area contributed by atoms with Crippen molar-refractivity contribution in [2.24, 2.45) is 0 Å². The highest BCUT2D eigenvalue weighted by atomic mass is 35.5. The van der Waals surface area contributed by atoms with E-state index in [0.717, 1.165) is 0 Å². The Labute approximate surface area is 157 Å². The molecule has 3 aromatic rings. The summed E-state index contributed by atoms with van der Waals surface area (Å²) >= 11 is 5.73. The van der Waals surface area contributed by atoms with E-state index >= 15 is 0 Å². The Kier molecular flexibility index (Phi) is 5.53. The third kappa shape index (κ3) is 3.36. The first-order valence-electron chi connectivity index (χ1n) is 7.22. The fraction of sp³-hybridized carbons (Fsp3) is 0.118. The van der Waals surface area contributed by atoms with Gasteiger partial charge in [-0.05, 0) is 24.6 Å². The second-order valence-electron chi connectivity index (χ2n) is 5.51. The Bertz CT molecular complexity index is 1140. The first-order valence-corrected chi connectivity index (χ1v) is 7.59. The molecule has 0 aliphatic heterocycles. The molecule has 0 spiro atoms. The Morgan fingerprint density at radius 1 is 1.27 bits per heavy atom. The largest absolute Gasteiger partial charge is 0.503 e. The van der Waals surface area contributed by atoms with Gasteiger partial charge in [0.25, 0.3) is 5.56 Å². The van der Waals surface area contributed by atoms with Crippen molar-refractivity contribution in [1.82, 2.24) is 8.97 Å². The van der Waals surface area contributed by atoms with E-state index < -0.39 is 28.3 Å². The summed E-state index contributed by atoms with van der Waals surface area (Å²) in [6, 6.07) is 4.05. The molecular weight excluding hydrogens is 386 g/mol. The number of ketones is 1. The second-order valence-corrected chi connectivity index (χ2v) is 5.92. The molecule has 0 fully saturated rings. The van der Waals surface area contributed by atoms with E-state index in [1.807, 2.05) is 0 Å². The molecule has 3 rings (SSSR count). The minimum Gasteiger partial charge on any atom is -0.503 e. The summed E-state index contributed by atoms with van der Waals surface area (Å²) in [6.07, 6.45) is 4.08. The van der Waals surface area contributed by atoms with Gasteiger partial charge in [-0.25, -0.2) is 4.39 Å². The number of carbonyl (C=O) groups excluding carboxylic acids is 1. The van der Waals surface area contributed by atoms with Gasteiger partial charge in [0, 0.05) is 18.6 Å². The first-order chi connectivity index (χ1) is 11.8. The van der Waals surface area contributed by atoms with Crippen LogP contribution in [0.2, 0.25) is 5.02 Å². The third-order valence-electron chi connectivity index (χ3n) is 3.80. The van der Waals surface area contributed by atoms with E-state index in [1.54, 1.807) is 0 Å². The number of aromatic hydroxyl groups is 1. The summed E-state index contributed by atoms with van der Waals surface area (Å²) in [4.78, 5) is 36.1. The Morgan fingerprint density at radius 3 is 2.58 bits per heavy atom. The van der Waals surface area contributed by atoms with E-state index in [4.69, 9.17) is 11.6 Å². The number of carbonyl (C=O) groups is 1. The molecule has 1 aromatic carbocycles. The number of pyridine rings is 1. The van der Waals surface area contributed by atoms with Crippen LogP contribution >= 0.6 is 24.0 Å². The fourth-order valence-corrected chi connectivity index (χ4v) is 2.72. The standard InChI is InChI=1S/C17H12ClFN2O4.ClH/c1-9(22)11-8-20-4-5-21(17(25)14(20)16(24)15(11)23)7-10-2-3-13(19)12(18)6-10;/h2-6,8,24H,7H2,1H3;1H. The van der Waals surface area contributed by atoms with Crippen molar-refractivity contribution in [3.05, 3.63) is 79.3 Å². The van der Waals surface area contributed by atoms with Crippen LogP contribution in [0.25, 0.3) is 5.52 Å². The highest BCUT2D eigenvalue weighted by Gasteiger charge is 2.16. The highest BCUT2D eigenvalue weighted by Crippen LogP contribution is 2.17. The summed E-state index contributed by atoms with van der Waals surface area (Å²) in [5.41, 5.74) is -1.41. The SMILES string of the molecule is CC(=O)c1cn2ccn(Cc3ccc(F)c(Cl)c3)c(=O)c2c(O)c1=O.Cl. The summed E-state index contributed by atoms with van der Waals surface area (Å²) < 4.78 is 15.7. The molecule has 2 aromatic heterocycles. The molecule has 1 N–H and O–H groups in total. The Hall–Kier alpha value is -2.64. The Morgan fingerprint density at radius 2 is 1.96 bits per heavy atom. The summed E-state index contributed by atoms with van der Waals surface area (Å²) in [7, 11) is 0. The van der Waals surface area contributed by atoms with Crippen molar-refractivity contribution in [2.75, 3.05) is 0 Å². The van der Waals surface area contributed by atoms with Crippen LogP contribution in [0.5, 0.6) is 5.75 Å². The van der Waals surface area contributed by atoms with Crippen LogP contribution in [0.3, 0.4) is 0 Å². The Balaban J connectivity index is 0.00000243. The molecule has 9 heteroatoms. The molecule has 0 aliphatic carbocycles. The van der Waals surface area contributed by atoms with Crippen molar-refractivity contribution in [1.29, 1.82) is 0 Å². The third-order valence-corrected chi connectivity index (χ3v) is 4.09. The number of benzene rings is 1. The lowest BCUT2D eigenvalue weighted by atomic mass is 10.1. The molecule has 136 valence electrons. The van der Waals surface area contributed by atoms with Crippen molar-refractivity contribution < 1.29 is 14.3 Å². The first kappa shape index (κ1) is 19.7. The van der Waals surface area contributed by atoms with E-state index in [0.29, 0.717) is 5.56 Å². The van der Waals surface area contributed by atoms with Gasteiger partial charge >= 0.3 is 0 Å². The van der Waals surface area contributed by atoms with Gasteiger partial charge in [-0.3, -0.25) is 14.4 Å². The van der Waals surface area contributed by atoms with Gasteiger partial charge in [0.05, 0.1) is 17.1 Å². The summed E-state index contributed by atoms with van der Waals surface area (Å²) in [6.45, 7) is 1.26. The predicted molar refractivity (Wildman–Crippen MR) is 97.4 cm³/mol. The number of hydrogen-bond acceptors (Lipinski definition) is 4. The molecule has 0 unspecified atom stereocenters. The second kappa shape index (κ2) is 7.31. The lowest BCUT2D eigenvalue weighted by molar-refractivity contribution is 0.101. The van der Waals surface area contributed by atoms with Crippen LogP contribution in [0.4, 0.5) is 4.39 Å². The maximum absolute atomic E-state index is 13.2. The van der Waals surface area contributed by atoms with E-state index in [2.05, 4.69) is 0 Å². The number of hydrogen-bond donors (Lipinski definition) is 1. The topological polar surface area (TPSA) is 80.8 Å². The number of Topliss-reactive ketones (excluding diaryl/α,β-unsaturated/α-hetero) is 1. The van der Waals surface area contributed by atoms with Gasteiger partial charge in [-0.2, -0.15) is 0 Å². The van der Waals surface area contributed by atoms with Crippen LogP contribution in [-0.4, -0.2) is 19.9 Å². The van der Waals surface area contributed by atoms with Gasteiger partial charge in [0.15, 0.2) is 17.0 Å². The van der Waals surface area contributed by atoms with Gasteiger partial charge in [-0.15, -0.1) is 12.4 Å². The van der Waals surface area contributed by atoms with Crippen LogP contribution in [0.1, 0.15) is 22.8 Å². The fourth-order valence-electron chi connectivity index (χ4n) is 2.51. The van der Waals surface area contributed by atoms with Crippen LogP contribution in [0.15, 0.2) is 46.4 Å². The number of halogens is 3. The predicted octanol–water partition coefficient (Wildman–Crippen LogP) is 2.63. The van der Waals surface area contributed by atoms with Crippen LogP contribution < -0.4 is 11.0 Å². The zero-order valence-corrected chi connectivity index (χ0v) is 15.0. The molecule has 0 atom stereocenters. The molecule has 0 radical (unpaired) electrons. The number of rotatable bonds is 3. The van der Waals surface area contributed by atoms with E-state index in [9.17, 15) is 23.9 Å². The average molecular weight is 399 g/mol. The zero-order chi connectivity index (χ0) is 18.3. The lowest BCUT2D eigenvalue weighted by Crippen LogP contribution is -2.25. The molecule has 0 bridgehead atoms.